The van der Waals surface area contributed by atoms with Crippen LogP contribution in [0.1, 0.15) is 39.1 Å². The fraction of sp³-hybridized carbons (Fsp3) is 0.769. The first kappa shape index (κ1) is 16.0. The molecule has 4 nitrogen and oxygen atoms in total. The average molecular weight is 274 g/mol. The van der Waals surface area contributed by atoms with E-state index < -0.39 is 6.55 Å². The highest BCUT2D eigenvalue weighted by Crippen LogP contribution is 2.11. The molecule has 0 bridgehead atoms. The molecule has 6 heteroatoms. The molecule has 0 unspecified atom stereocenters. The maximum atomic E-state index is 12.5. The molecule has 0 aliphatic rings. The maximum Gasteiger partial charge on any atom is 0.319 e. The zero-order valence-electron chi connectivity index (χ0n) is 11.9. The molecule has 0 radical (unpaired) electrons. The van der Waals surface area contributed by atoms with Crippen LogP contribution in [0.3, 0.4) is 0 Å². The van der Waals surface area contributed by atoms with Gasteiger partial charge in [0.2, 0.25) is 0 Å². The van der Waals surface area contributed by atoms with E-state index in [1.807, 2.05) is 0 Å². The van der Waals surface area contributed by atoms with Crippen LogP contribution in [0.15, 0.2) is 12.4 Å². The van der Waals surface area contributed by atoms with E-state index in [4.69, 9.17) is 0 Å². The Morgan fingerprint density at radius 1 is 1.37 bits per heavy atom. The van der Waals surface area contributed by atoms with Gasteiger partial charge in [-0.25, -0.2) is 4.98 Å². The van der Waals surface area contributed by atoms with Crippen molar-refractivity contribution in [3.8, 4) is 0 Å². The molecule has 0 aliphatic heterocycles. The summed E-state index contributed by atoms with van der Waals surface area (Å²) in [4.78, 5) is 6.21. The number of nitrogens with one attached hydrogen (secondary N) is 1. The molecule has 0 aliphatic carbocycles. The number of hydrogen-bond acceptors (Lipinski definition) is 3. The lowest BCUT2D eigenvalue weighted by Crippen LogP contribution is -2.28. The van der Waals surface area contributed by atoms with Crippen LogP contribution in [0.25, 0.3) is 0 Å². The summed E-state index contributed by atoms with van der Waals surface area (Å²) >= 11 is 0. The Morgan fingerprint density at radius 3 is 2.74 bits per heavy atom. The fourth-order valence-corrected chi connectivity index (χ4v) is 1.73. The third-order valence-electron chi connectivity index (χ3n) is 3.24. The van der Waals surface area contributed by atoms with Crippen LogP contribution in [0.2, 0.25) is 0 Å². The average Bonchev–Trinajstić information content (AvgIpc) is 2.81. The number of imidazole rings is 1. The van der Waals surface area contributed by atoms with E-state index in [-0.39, 0.29) is 0 Å². The van der Waals surface area contributed by atoms with Crippen molar-refractivity contribution in [3.05, 3.63) is 18.2 Å². The van der Waals surface area contributed by atoms with Crippen molar-refractivity contribution in [2.75, 3.05) is 20.1 Å². The van der Waals surface area contributed by atoms with Crippen LogP contribution in [0, 0.1) is 0 Å². The highest BCUT2D eigenvalue weighted by molar-refractivity contribution is 4.92. The summed E-state index contributed by atoms with van der Waals surface area (Å²) in [6.07, 6.45) is 4.84. The number of halogens is 2. The first-order valence-electron chi connectivity index (χ1n) is 6.73. The number of aromatic nitrogens is 2. The van der Waals surface area contributed by atoms with Crippen LogP contribution in [-0.2, 0) is 6.54 Å². The predicted octanol–water partition coefficient (Wildman–Crippen LogP) is 2.49. The topological polar surface area (TPSA) is 33.1 Å². The molecule has 1 aromatic heterocycles. The Balaban J connectivity index is 2.12. The van der Waals surface area contributed by atoms with Gasteiger partial charge in [-0.15, -0.1) is 0 Å². The molecule has 1 rings (SSSR count). The van der Waals surface area contributed by atoms with Gasteiger partial charge in [0.05, 0.1) is 6.54 Å². The fourth-order valence-electron chi connectivity index (χ4n) is 1.73. The third kappa shape index (κ3) is 5.65. The third-order valence-corrected chi connectivity index (χ3v) is 3.24. The zero-order valence-corrected chi connectivity index (χ0v) is 11.9. The van der Waals surface area contributed by atoms with Crippen molar-refractivity contribution in [3.63, 3.8) is 0 Å². The zero-order chi connectivity index (χ0) is 14.3. The smallest absolute Gasteiger partial charge is 0.310 e. The van der Waals surface area contributed by atoms with Gasteiger partial charge in [0, 0.05) is 18.4 Å². The SMILES string of the molecule is CC(C)N(C)CCCCNCc1nccn1C(F)F. The first-order valence-corrected chi connectivity index (χ1v) is 6.73. The maximum absolute atomic E-state index is 12.5. The Morgan fingerprint density at radius 2 is 2.11 bits per heavy atom. The number of alkyl halides is 2. The Labute approximate surface area is 113 Å². The summed E-state index contributed by atoms with van der Waals surface area (Å²) in [5, 5.41) is 3.15. The van der Waals surface area contributed by atoms with Gasteiger partial charge in [0.15, 0.2) is 0 Å². The number of unbranched alkanes of at least 4 members (excludes halogenated alkanes) is 1. The van der Waals surface area contributed by atoms with Gasteiger partial charge in [-0.2, -0.15) is 8.78 Å². The largest absolute Gasteiger partial charge is 0.319 e. The number of nitrogens with zero attached hydrogens (tertiary/aromatic N) is 3. The minimum Gasteiger partial charge on any atom is -0.310 e. The minimum atomic E-state index is -2.51. The molecule has 0 amide bonds. The second-order valence-corrected chi connectivity index (χ2v) is 4.99. The highest BCUT2D eigenvalue weighted by Gasteiger charge is 2.10. The predicted molar refractivity (Wildman–Crippen MR) is 72.2 cm³/mol. The van der Waals surface area contributed by atoms with Crippen LogP contribution in [0.5, 0.6) is 0 Å². The van der Waals surface area contributed by atoms with E-state index >= 15 is 0 Å². The molecule has 110 valence electrons. The van der Waals surface area contributed by atoms with Crippen LogP contribution < -0.4 is 5.32 Å². The van der Waals surface area contributed by atoms with Gasteiger partial charge in [-0.1, -0.05) is 0 Å². The number of hydrogen-bond donors (Lipinski definition) is 1. The molecular formula is C13H24F2N4. The van der Waals surface area contributed by atoms with Crippen molar-refractivity contribution >= 4 is 0 Å². The van der Waals surface area contributed by atoms with Gasteiger partial charge in [0.1, 0.15) is 5.82 Å². The standard InChI is InChI=1S/C13H24F2N4/c1-11(2)18(3)8-5-4-6-16-10-12-17-7-9-19(12)13(14)15/h7,9,11,13,16H,4-6,8,10H2,1-3H3. The molecule has 1 N–H and O–H groups in total. The van der Waals surface area contributed by atoms with Crippen molar-refractivity contribution < 1.29 is 8.78 Å². The van der Waals surface area contributed by atoms with Crippen LogP contribution in [-0.4, -0.2) is 40.6 Å². The van der Waals surface area contributed by atoms with Crippen molar-refractivity contribution in [1.82, 2.24) is 19.8 Å². The van der Waals surface area contributed by atoms with Crippen LogP contribution in [0.4, 0.5) is 8.78 Å². The van der Waals surface area contributed by atoms with Gasteiger partial charge in [-0.05, 0) is 46.8 Å². The second kappa shape index (κ2) is 8.22. The van der Waals surface area contributed by atoms with Gasteiger partial charge < -0.3 is 10.2 Å². The molecule has 0 aromatic carbocycles. The molecule has 0 spiro atoms. The van der Waals surface area contributed by atoms with E-state index in [0.717, 1.165) is 30.5 Å². The van der Waals surface area contributed by atoms with Crippen LogP contribution >= 0.6 is 0 Å². The summed E-state index contributed by atoms with van der Waals surface area (Å²) in [6.45, 7) is 4.09. The lowest BCUT2D eigenvalue weighted by Gasteiger charge is -2.20. The Hall–Kier alpha value is -1.01. The lowest BCUT2D eigenvalue weighted by atomic mass is 10.2. The normalized spacial score (nSPS) is 12.0. The van der Waals surface area contributed by atoms with Gasteiger partial charge in [0.25, 0.3) is 0 Å². The van der Waals surface area contributed by atoms with Gasteiger partial charge >= 0.3 is 6.55 Å². The molecule has 0 saturated carbocycles. The highest BCUT2D eigenvalue weighted by atomic mass is 19.3. The summed E-state index contributed by atoms with van der Waals surface area (Å²) in [6, 6.07) is 0.562. The molecule has 0 fully saturated rings. The molecule has 0 saturated heterocycles. The van der Waals surface area contributed by atoms with E-state index in [0.29, 0.717) is 18.4 Å². The molecule has 1 aromatic rings. The Bertz CT molecular complexity index is 352. The summed E-state index contributed by atoms with van der Waals surface area (Å²) in [7, 11) is 2.11. The number of rotatable bonds is 9. The summed E-state index contributed by atoms with van der Waals surface area (Å²) < 4.78 is 26.0. The van der Waals surface area contributed by atoms with E-state index in [9.17, 15) is 8.78 Å². The Kier molecular flexibility index (Phi) is 6.94. The van der Waals surface area contributed by atoms with E-state index in [1.54, 1.807) is 0 Å². The second-order valence-electron chi connectivity index (χ2n) is 4.99. The van der Waals surface area contributed by atoms with E-state index in [1.165, 1.54) is 12.4 Å². The van der Waals surface area contributed by atoms with Gasteiger partial charge in [-0.3, -0.25) is 4.57 Å². The van der Waals surface area contributed by atoms with Crippen molar-refractivity contribution in [2.24, 2.45) is 0 Å². The quantitative estimate of drug-likeness (QED) is 0.702. The monoisotopic (exact) mass is 274 g/mol. The van der Waals surface area contributed by atoms with Crippen molar-refractivity contribution in [2.45, 2.75) is 45.8 Å². The first-order chi connectivity index (χ1) is 9.02. The summed E-state index contributed by atoms with van der Waals surface area (Å²) in [5.41, 5.74) is 0. The molecule has 19 heavy (non-hydrogen) atoms. The van der Waals surface area contributed by atoms with E-state index in [2.05, 4.69) is 36.1 Å². The molecular weight excluding hydrogens is 250 g/mol. The summed E-state index contributed by atoms with van der Waals surface area (Å²) in [5.74, 6) is 0.384. The minimum absolute atomic E-state index is 0.384. The van der Waals surface area contributed by atoms with Crippen molar-refractivity contribution in [1.29, 1.82) is 0 Å². The molecule has 0 atom stereocenters. The lowest BCUT2D eigenvalue weighted by molar-refractivity contribution is 0.0666. The molecule has 1 heterocycles.